The van der Waals surface area contributed by atoms with Crippen molar-refractivity contribution in [3.05, 3.63) is 0 Å². The molecular formula is C6H12O5. The van der Waals surface area contributed by atoms with Crippen LogP contribution >= 0.6 is 0 Å². The Hall–Kier alpha value is -0.650. The fourth-order valence-corrected chi connectivity index (χ4v) is 0.441. The Morgan fingerprint density at radius 1 is 1.55 bits per heavy atom. The summed E-state index contributed by atoms with van der Waals surface area (Å²) in [5.74, 6) is -0.904. The zero-order valence-corrected chi connectivity index (χ0v) is 6.53. The first-order valence-electron chi connectivity index (χ1n) is 3.17. The van der Waals surface area contributed by atoms with E-state index in [2.05, 4.69) is 9.93 Å². The third kappa shape index (κ3) is 3.92. The van der Waals surface area contributed by atoms with Gasteiger partial charge in [-0.15, -0.1) is 0 Å². The SMILES string of the molecule is CC(C)(CCOOO)C(=O)O. The molecule has 0 bridgehead atoms. The molecule has 0 aromatic heterocycles. The Labute approximate surface area is 64.4 Å². The number of hydrogen-bond donors (Lipinski definition) is 2. The molecule has 5 nitrogen and oxygen atoms in total. The summed E-state index contributed by atoms with van der Waals surface area (Å²) in [5, 5.41) is 19.6. The second-order valence-corrected chi connectivity index (χ2v) is 2.84. The van der Waals surface area contributed by atoms with E-state index in [0.717, 1.165) is 0 Å². The number of rotatable bonds is 5. The topological polar surface area (TPSA) is 76.0 Å². The number of aliphatic carboxylic acids is 1. The first-order chi connectivity index (χ1) is 5.00. The van der Waals surface area contributed by atoms with Gasteiger partial charge in [-0.2, -0.15) is 0 Å². The number of hydrogen-bond acceptors (Lipinski definition) is 4. The van der Waals surface area contributed by atoms with Gasteiger partial charge >= 0.3 is 5.97 Å². The van der Waals surface area contributed by atoms with Crippen molar-refractivity contribution in [1.82, 2.24) is 0 Å². The smallest absolute Gasteiger partial charge is 0.309 e. The summed E-state index contributed by atoms with van der Waals surface area (Å²) in [4.78, 5) is 14.6. The highest BCUT2D eigenvalue weighted by Crippen LogP contribution is 2.19. The fourth-order valence-electron chi connectivity index (χ4n) is 0.441. The van der Waals surface area contributed by atoms with Gasteiger partial charge in [-0.25, -0.2) is 10.1 Å². The maximum Gasteiger partial charge on any atom is 0.309 e. The molecule has 0 radical (unpaired) electrons. The average molecular weight is 164 g/mol. The number of carboxylic acids is 1. The van der Waals surface area contributed by atoms with Crippen LogP contribution in [0, 0.1) is 5.41 Å². The molecule has 11 heavy (non-hydrogen) atoms. The van der Waals surface area contributed by atoms with Gasteiger partial charge < -0.3 is 5.11 Å². The van der Waals surface area contributed by atoms with Gasteiger partial charge in [0, 0.05) is 0 Å². The molecule has 0 saturated carbocycles. The monoisotopic (exact) mass is 164 g/mol. The van der Waals surface area contributed by atoms with Crippen LogP contribution in [0.4, 0.5) is 0 Å². The van der Waals surface area contributed by atoms with E-state index >= 15 is 0 Å². The minimum Gasteiger partial charge on any atom is -0.481 e. The van der Waals surface area contributed by atoms with E-state index < -0.39 is 11.4 Å². The molecule has 0 atom stereocenters. The Morgan fingerprint density at radius 2 is 2.09 bits per heavy atom. The average Bonchev–Trinajstić information content (AvgIpc) is 1.88. The summed E-state index contributed by atoms with van der Waals surface area (Å²) in [6.45, 7) is 3.18. The Morgan fingerprint density at radius 3 is 2.45 bits per heavy atom. The molecule has 2 N–H and O–H groups in total. The van der Waals surface area contributed by atoms with Gasteiger partial charge in [-0.1, -0.05) is 5.04 Å². The molecule has 0 amide bonds. The largest absolute Gasteiger partial charge is 0.481 e. The van der Waals surface area contributed by atoms with Crippen LogP contribution in [0.2, 0.25) is 0 Å². The molecular weight excluding hydrogens is 152 g/mol. The van der Waals surface area contributed by atoms with Gasteiger partial charge in [0.25, 0.3) is 0 Å². The summed E-state index contributed by atoms with van der Waals surface area (Å²) in [6, 6.07) is 0. The van der Waals surface area contributed by atoms with E-state index in [1.54, 1.807) is 13.8 Å². The molecule has 0 aliphatic rings. The van der Waals surface area contributed by atoms with Crippen LogP contribution in [0.1, 0.15) is 20.3 Å². The molecule has 0 aliphatic heterocycles. The Kier molecular flexibility index (Phi) is 4.02. The molecule has 0 rings (SSSR count). The zero-order valence-electron chi connectivity index (χ0n) is 6.53. The van der Waals surface area contributed by atoms with Crippen molar-refractivity contribution >= 4 is 5.97 Å². The molecule has 0 fully saturated rings. The highest BCUT2D eigenvalue weighted by atomic mass is 17.5. The van der Waals surface area contributed by atoms with Gasteiger partial charge in [0.2, 0.25) is 0 Å². The van der Waals surface area contributed by atoms with Crippen molar-refractivity contribution in [2.45, 2.75) is 20.3 Å². The lowest BCUT2D eigenvalue weighted by molar-refractivity contribution is -0.491. The van der Waals surface area contributed by atoms with E-state index in [1.807, 2.05) is 0 Å². The third-order valence-corrected chi connectivity index (χ3v) is 1.44. The lowest BCUT2D eigenvalue weighted by atomic mass is 9.90. The summed E-state index contributed by atoms with van der Waals surface area (Å²) in [5.41, 5.74) is -0.849. The number of carbonyl (C=O) groups is 1. The van der Waals surface area contributed by atoms with Crippen molar-refractivity contribution in [1.29, 1.82) is 0 Å². The van der Waals surface area contributed by atoms with Crippen LogP contribution in [0.15, 0.2) is 0 Å². The summed E-state index contributed by atoms with van der Waals surface area (Å²) in [6.07, 6.45) is 0.281. The van der Waals surface area contributed by atoms with Crippen molar-refractivity contribution in [3.8, 4) is 0 Å². The third-order valence-electron chi connectivity index (χ3n) is 1.44. The fraction of sp³-hybridized carbons (Fsp3) is 0.833. The Balaban J connectivity index is 3.64. The first kappa shape index (κ1) is 10.3. The summed E-state index contributed by atoms with van der Waals surface area (Å²) in [7, 11) is 0. The van der Waals surface area contributed by atoms with Crippen molar-refractivity contribution in [2.24, 2.45) is 5.41 Å². The minimum absolute atomic E-state index is 0.0514. The lowest BCUT2D eigenvalue weighted by Gasteiger charge is -2.17. The molecule has 0 spiro atoms. The van der Waals surface area contributed by atoms with Crippen molar-refractivity contribution in [3.63, 3.8) is 0 Å². The van der Waals surface area contributed by atoms with Gasteiger partial charge in [0.05, 0.1) is 12.0 Å². The highest BCUT2D eigenvalue weighted by Gasteiger charge is 2.26. The molecule has 0 unspecified atom stereocenters. The van der Waals surface area contributed by atoms with Crippen molar-refractivity contribution in [2.75, 3.05) is 6.61 Å². The lowest BCUT2D eigenvalue weighted by Crippen LogP contribution is -2.25. The predicted octanol–water partition coefficient (Wildman–Crippen LogP) is 0.909. The van der Waals surface area contributed by atoms with E-state index in [-0.39, 0.29) is 13.0 Å². The Bertz CT molecular complexity index is 131. The molecule has 0 aromatic rings. The van der Waals surface area contributed by atoms with Crippen LogP contribution < -0.4 is 0 Å². The first-order valence-corrected chi connectivity index (χ1v) is 3.17. The van der Waals surface area contributed by atoms with E-state index in [1.165, 1.54) is 0 Å². The van der Waals surface area contributed by atoms with E-state index in [4.69, 9.17) is 10.4 Å². The van der Waals surface area contributed by atoms with Crippen LogP contribution in [-0.4, -0.2) is 22.9 Å². The van der Waals surface area contributed by atoms with E-state index in [0.29, 0.717) is 0 Å². The standard InChI is InChI=1S/C6H12O5/c1-6(2,5(7)8)3-4-10-11-9/h9H,3-4H2,1-2H3,(H,7,8). The maximum absolute atomic E-state index is 10.5. The maximum atomic E-state index is 10.5. The second-order valence-electron chi connectivity index (χ2n) is 2.84. The molecule has 0 aromatic carbocycles. The molecule has 66 valence electrons. The van der Waals surface area contributed by atoms with Gasteiger partial charge in [-0.05, 0) is 20.3 Å². The normalized spacial score (nSPS) is 11.5. The van der Waals surface area contributed by atoms with Gasteiger partial charge in [-0.3, -0.25) is 4.79 Å². The van der Waals surface area contributed by atoms with Gasteiger partial charge in [0.1, 0.15) is 0 Å². The highest BCUT2D eigenvalue weighted by molar-refractivity contribution is 5.73. The van der Waals surface area contributed by atoms with Crippen LogP contribution in [0.3, 0.4) is 0 Å². The quantitative estimate of drug-likeness (QED) is 0.359. The van der Waals surface area contributed by atoms with Gasteiger partial charge in [0.15, 0.2) is 0 Å². The molecule has 0 aliphatic carbocycles. The molecule has 0 saturated heterocycles. The second kappa shape index (κ2) is 4.27. The number of carboxylic acid groups (broad SMARTS) is 1. The zero-order chi connectivity index (χ0) is 8.91. The summed E-state index contributed by atoms with van der Waals surface area (Å²) < 4.78 is 0. The molecule has 5 heteroatoms. The molecule has 0 heterocycles. The predicted molar refractivity (Wildman–Crippen MR) is 35.7 cm³/mol. The summed E-state index contributed by atoms with van der Waals surface area (Å²) >= 11 is 0. The van der Waals surface area contributed by atoms with Crippen LogP contribution in [0.5, 0.6) is 0 Å². The minimum atomic E-state index is -0.904. The van der Waals surface area contributed by atoms with Crippen LogP contribution in [-0.2, 0) is 14.7 Å². The van der Waals surface area contributed by atoms with E-state index in [9.17, 15) is 4.79 Å². The van der Waals surface area contributed by atoms with Crippen molar-refractivity contribution < 1.29 is 25.1 Å². The van der Waals surface area contributed by atoms with Crippen LogP contribution in [0.25, 0.3) is 0 Å².